The van der Waals surface area contributed by atoms with Crippen LogP contribution in [0.4, 0.5) is 0 Å². The number of benzene rings is 2. The Morgan fingerprint density at radius 2 is 1.61 bits per heavy atom. The van der Waals surface area contributed by atoms with E-state index in [-0.39, 0.29) is 0 Å². The van der Waals surface area contributed by atoms with Gasteiger partial charge >= 0.3 is 5.97 Å². The van der Waals surface area contributed by atoms with Crippen LogP contribution in [0.25, 0.3) is 0 Å². The molecular weight excluding hydrogens is 356 g/mol. The molecule has 0 aromatic heterocycles. The van der Waals surface area contributed by atoms with Crippen molar-refractivity contribution >= 4 is 12.3 Å². The van der Waals surface area contributed by atoms with E-state index in [1.165, 1.54) is 45.3 Å². The topological polar surface area (TPSA) is 61.8 Å². The van der Waals surface area contributed by atoms with Crippen molar-refractivity contribution in [2.24, 2.45) is 0 Å². The Hall–Kier alpha value is -2.82. The molecule has 0 fully saturated rings. The minimum atomic E-state index is -0.483. The Balaban J connectivity index is 1.82. The van der Waals surface area contributed by atoms with Crippen molar-refractivity contribution in [3.05, 3.63) is 53.6 Å². The fourth-order valence-corrected chi connectivity index (χ4v) is 2.78. The molecule has 0 radical (unpaired) electrons. The number of rotatable bonds is 12. The SMILES string of the molecule is CCCCCCCCOc1ccc(C(=O)Oc2ccc(C=O)c(OC)c2)cc1. The average molecular weight is 384 g/mol. The summed E-state index contributed by atoms with van der Waals surface area (Å²) < 4.78 is 16.2. The molecule has 0 spiro atoms. The van der Waals surface area contributed by atoms with Crippen molar-refractivity contribution in [1.82, 2.24) is 0 Å². The Bertz CT molecular complexity index is 752. The molecule has 0 aliphatic rings. The Labute approximate surface area is 166 Å². The standard InChI is InChI=1S/C23H28O5/c1-3-4-5-6-7-8-15-27-20-12-9-18(10-13-20)23(25)28-21-14-11-19(17-24)22(16-21)26-2/h9-14,16-17H,3-8,15H2,1-2H3. The molecule has 28 heavy (non-hydrogen) atoms. The monoisotopic (exact) mass is 384 g/mol. The molecule has 0 heterocycles. The van der Waals surface area contributed by atoms with Crippen molar-refractivity contribution in [2.75, 3.05) is 13.7 Å². The summed E-state index contributed by atoms with van der Waals surface area (Å²) in [6.07, 6.45) is 7.99. The predicted molar refractivity (Wildman–Crippen MR) is 109 cm³/mol. The molecule has 0 bridgehead atoms. The third kappa shape index (κ3) is 6.72. The number of esters is 1. The highest BCUT2D eigenvalue weighted by Crippen LogP contribution is 2.24. The molecule has 5 nitrogen and oxygen atoms in total. The summed E-state index contributed by atoms with van der Waals surface area (Å²) in [5.41, 5.74) is 0.819. The van der Waals surface area contributed by atoms with E-state index in [9.17, 15) is 9.59 Å². The largest absolute Gasteiger partial charge is 0.496 e. The average Bonchev–Trinajstić information content (AvgIpc) is 2.73. The number of carbonyl (C=O) groups excluding carboxylic acids is 2. The van der Waals surface area contributed by atoms with Crippen molar-refractivity contribution in [2.45, 2.75) is 45.4 Å². The molecular formula is C23H28O5. The zero-order valence-corrected chi connectivity index (χ0v) is 16.6. The normalized spacial score (nSPS) is 10.4. The van der Waals surface area contributed by atoms with E-state index < -0.39 is 5.97 Å². The van der Waals surface area contributed by atoms with Gasteiger partial charge in [0.25, 0.3) is 0 Å². The van der Waals surface area contributed by atoms with Crippen molar-refractivity contribution in [3.8, 4) is 17.2 Å². The van der Waals surface area contributed by atoms with Gasteiger partial charge in [-0.25, -0.2) is 4.79 Å². The van der Waals surface area contributed by atoms with Gasteiger partial charge in [0, 0.05) is 6.07 Å². The second kappa shape index (κ2) is 11.8. The summed E-state index contributed by atoms with van der Waals surface area (Å²) in [5.74, 6) is 0.931. The summed E-state index contributed by atoms with van der Waals surface area (Å²) in [7, 11) is 1.46. The predicted octanol–water partition coefficient (Wildman–Crippen LogP) is 5.47. The molecule has 0 saturated heterocycles. The van der Waals surface area contributed by atoms with Crippen LogP contribution in [0.5, 0.6) is 17.2 Å². The molecule has 2 rings (SSSR count). The van der Waals surface area contributed by atoms with E-state index in [0.29, 0.717) is 35.5 Å². The highest BCUT2D eigenvalue weighted by Gasteiger charge is 2.11. The third-order valence-corrected chi connectivity index (χ3v) is 4.40. The zero-order valence-electron chi connectivity index (χ0n) is 16.6. The molecule has 0 aliphatic heterocycles. The number of ether oxygens (including phenoxy) is 3. The lowest BCUT2D eigenvalue weighted by molar-refractivity contribution is 0.0734. The van der Waals surface area contributed by atoms with E-state index in [1.54, 1.807) is 36.4 Å². The van der Waals surface area contributed by atoms with Crippen LogP contribution in [0.15, 0.2) is 42.5 Å². The molecule has 5 heteroatoms. The Morgan fingerprint density at radius 1 is 0.929 bits per heavy atom. The maximum absolute atomic E-state index is 12.3. The molecule has 0 aliphatic carbocycles. The zero-order chi connectivity index (χ0) is 20.2. The van der Waals surface area contributed by atoms with Gasteiger partial charge in [-0.15, -0.1) is 0 Å². The Kier molecular flexibility index (Phi) is 9.05. The summed E-state index contributed by atoms with van der Waals surface area (Å²) >= 11 is 0. The van der Waals surface area contributed by atoms with E-state index in [2.05, 4.69) is 6.92 Å². The van der Waals surface area contributed by atoms with Gasteiger partial charge in [-0.1, -0.05) is 39.0 Å². The van der Waals surface area contributed by atoms with E-state index in [1.807, 2.05) is 0 Å². The third-order valence-electron chi connectivity index (χ3n) is 4.40. The van der Waals surface area contributed by atoms with Gasteiger partial charge in [0.05, 0.1) is 24.8 Å². The van der Waals surface area contributed by atoms with Crippen LogP contribution in [0.2, 0.25) is 0 Å². The second-order valence-electron chi connectivity index (χ2n) is 6.55. The van der Waals surface area contributed by atoms with Crippen LogP contribution in [-0.2, 0) is 0 Å². The number of methoxy groups -OCH3 is 1. The second-order valence-corrected chi connectivity index (χ2v) is 6.55. The highest BCUT2D eigenvalue weighted by molar-refractivity contribution is 5.91. The number of carbonyl (C=O) groups is 2. The van der Waals surface area contributed by atoms with Crippen LogP contribution in [0.1, 0.15) is 66.2 Å². The first-order chi connectivity index (χ1) is 13.7. The summed E-state index contributed by atoms with van der Waals surface area (Å²) in [6.45, 7) is 2.89. The van der Waals surface area contributed by atoms with Gasteiger partial charge in [-0.2, -0.15) is 0 Å². The van der Waals surface area contributed by atoms with E-state index >= 15 is 0 Å². The number of hydrogen-bond acceptors (Lipinski definition) is 5. The molecule has 150 valence electrons. The highest BCUT2D eigenvalue weighted by atomic mass is 16.5. The number of unbranched alkanes of at least 4 members (excludes halogenated alkanes) is 5. The van der Waals surface area contributed by atoms with Gasteiger partial charge in [0.1, 0.15) is 17.2 Å². The minimum absolute atomic E-state index is 0.316. The lowest BCUT2D eigenvalue weighted by Gasteiger charge is -2.09. The van der Waals surface area contributed by atoms with Crippen molar-refractivity contribution in [3.63, 3.8) is 0 Å². The molecule has 2 aromatic rings. The molecule has 0 saturated carbocycles. The van der Waals surface area contributed by atoms with Crippen LogP contribution < -0.4 is 14.2 Å². The maximum atomic E-state index is 12.3. The van der Waals surface area contributed by atoms with E-state index in [0.717, 1.165) is 12.2 Å². The Morgan fingerprint density at radius 3 is 2.29 bits per heavy atom. The van der Waals surface area contributed by atoms with Crippen LogP contribution >= 0.6 is 0 Å². The molecule has 0 unspecified atom stereocenters. The van der Waals surface area contributed by atoms with Gasteiger partial charge < -0.3 is 14.2 Å². The first-order valence-electron chi connectivity index (χ1n) is 9.76. The fraction of sp³-hybridized carbons (Fsp3) is 0.391. The molecule has 0 atom stereocenters. The fourth-order valence-electron chi connectivity index (χ4n) is 2.78. The first-order valence-corrected chi connectivity index (χ1v) is 9.76. The van der Waals surface area contributed by atoms with Crippen LogP contribution in [0.3, 0.4) is 0 Å². The summed E-state index contributed by atoms with van der Waals surface area (Å²) in [6, 6.07) is 11.5. The lowest BCUT2D eigenvalue weighted by atomic mass is 10.1. The van der Waals surface area contributed by atoms with Gasteiger partial charge in [-0.3, -0.25) is 4.79 Å². The summed E-state index contributed by atoms with van der Waals surface area (Å²) in [5, 5.41) is 0. The smallest absolute Gasteiger partial charge is 0.343 e. The van der Waals surface area contributed by atoms with E-state index in [4.69, 9.17) is 14.2 Å². The first kappa shape index (κ1) is 21.5. The molecule has 0 amide bonds. The van der Waals surface area contributed by atoms with Gasteiger partial charge in [0.15, 0.2) is 6.29 Å². The number of aldehydes is 1. The van der Waals surface area contributed by atoms with Crippen LogP contribution in [0, 0.1) is 0 Å². The molecule has 2 aromatic carbocycles. The quantitative estimate of drug-likeness (QED) is 0.210. The summed E-state index contributed by atoms with van der Waals surface area (Å²) in [4.78, 5) is 23.2. The van der Waals surface area contributed by atoms with Gasteiger partial charge in [0.2, 0.25) is 0 Å². The van der Waals surface area contributed by atoms with Crippen molar-refractivity contribution < 1.29 is 23.8 Å². The lowest BCUT2D eigenvalue weighted by Crippen LogP contribution is -2.08. The number of hydrogen-bond donors (Lipinski definition) is 0. The van der Waals surface area contributed by atoms with Crippen LogP contribution in [-0.4, -0.2) is 26.0 Å². The van der Waals surface area contributed by atoms with Gasteiger partial charge in [-0.05, 0) is 42.8 Å². The molecule has 0 N–H and O–H groups in total. The maximum Gasteiger partial charge on any atom is 0.343 e. The minimum Gasteiger partial charge on any atom is -0.496 e. The van der Waals surface area contributed by atoms with Crippen molar-refractivity contribution in [1.29, 1.82) is 0 Å².